The highest BCUT2D eigenvalue weighted by Crippen LogP contribution is 2.07. The first-order chi connectivity index (χ1) is 9.25. The van der Waals surface area contributed by atoms with E-state index in [0.717, 1.165) is 44.8 Å². The quantitative estimate of drug-likeness (QED) is 0.814. The highest BCUT2D eigenvalue weighted by molar-refractivity contribution is 5.78. The van der Waals surface area contributed by atoms with Gasteiger partial charge >= 0.3 is 0 Å². The minimum atomic E-state index is 0.115. The summed E-state index contributed by atoms with van der Waals surface area (Å²) in [7, 11) is 0. The molecule has 0 spiro atoms. The Balaban J connectivity index is 1.68. The van der Waals surface area contributed by atoms with Crippen LogP contribution in [0.4, 0.5) is 0 Å². The molecule has 19 heavy (non-hydrogen) atoms. The Morgan fingerprint density at radius 3 is 2.79 bits per heavy atom. The van der Waals surface area contributed by atoms with E-state index in [0.29, 0.717) is 6.42 Å². The molecule has 1 aliphatic heterocycles. The van der Waals surface area contributed by atoms with Gasteiger partial charge in [0.15, 0.2) is 0 Å². The van der Waals surface area contributed by atoms with Crippen molar-refractivity contribution in [1.82, 2.24) is 15.5 Å². The van der Waals surface area contributed by atoms with Crippen LogP contribution in [0.1, 0.15) is 11.1 Å². The van der Waals surface area contributed by atoms with E-state index in [1.807, 2.05) is 31.2 Å². The minimum Gasteiger partial charge on any atom is -0.355 e. The summed E-state index contributed by atoms with van der Waals surface area (Å²) in [5.41, 5.74) is 2.29. The van der Waals surface area contributed by atoms with E-state index in [1.54, 1.807) is 0 Å². The molecule has 4 heteroatoms. The lowest BCUT2D eigenvalue weighted by Crippen LogP contribution is -2.46. The Morgan fingerprint density at radius 2 is 2.05 bits per heavy atom. The second kappa shape index (κ2) is 7.26. The first-order valence-corrected chi connectivity index (χ1v) is 7.00. The van der Waals surface area contributed by atoms with Gasteiger partial charge in [0.05, 0.1) is 6.42 Å². The molecular formula is C15H23N3O. The summed E-state index contributed by atoms with van der Waals surface area (Å²) in [5.74, 6) is 0.115. The summed E-state index contributed by atoms with van der Waals surface area (Å²) in [4.78, 5) is 14.2. The predicted molar refractivity (Wildman–Crippen MR) is 77.2 cm³/mol. The summed E-state index contributed by atoms with van der Waals surface area (Å²) in [6, 6.07) is 8.05. The maximum absolute atomic E-state index is 11.9. The number of aryl methyl sites for hydroxylation is 1. The third-order valence-corrected chi connectivity index (χ3v) is 3.57. The van der Waals surface area contributed by atoms with Gasteiger partial charge in [0.1, 0.15) is 0 Å². The first kappa shape index (κ1) is 14.0. The molecule has 1 amide bonds. The fourth-order valence-corrected chi connectivity index (χ4v) is 2.33. The number of nitrogens with one attached hydrogen (secondary N) is 2. The average molecular weight is 261 g/mol. The zero-order valence-corrected chi connectivity index (χ0v) is 11.6. The number of nitrogens with zero attached hydrogens (tertiary/aromatic N) is 1. The number of hydrogen-bond acceptors (Lipinski definition) is 3. The van der Waals surface area contributed by atoms with Crippen LogP contribution in [-0.2, 0) is 11.2 Å². The lowest BCUT2D eigenvalue weighted by atomic mass is 10.1. The van der Waals surface area contributed by atoms with Crippen molar-refractivity contribution in [3.05, 3.63) is 35.4 Å². The van der Waals surface area contributed by atoms with E-state index >= 15 is 0 Å². The number of benzene rings is 1. The topological polar surface area (TPSA) is 44.4 Å². The molecule has 0 aromatic heterocycles. The van der Waals surface area contributed by atoms with E-state index in [1.165, 1.54) is 5.56 Å². The van der Waals surface area contributed by atoms with Gasteiger partial charge in [-0.3, -0.25) is 9.69 Å². The second-order valence-electron chi connectivity index (χ2n) is 5.04. The van der Waals surface area contributed by atoms with Crippen molar-refractivity contribution >= 4 is 5.91 Å². The molecule has 0 aliphatic carbocycles. The van der Waals surface area contributed by atoms with Crippen molar-refractivity contribution in [3.63, 3.8) is 0 Å². The molecule has 2 rings (SSSR count). The smallest absolute Gasteiger partial charge is 0.224 e. The van der Waals surface area contributed by atoms with E-state index in [-0.39, 0.29) is 5.91 Å². The van der Waals surface area contributed by atoms with Crippen molar-refractivity contribution in [1.29, 1.82) is 0 Å². The highest BCUT2D eigenvalue weighted by atomic mass is 16.1. The van der Waals surface area contributed by atoms with Crippen LogP contribution in [0.25, 0.3) is 0 Å². The molecule has 1 heterocycles. The van der Waals surface area contributed by atoms with E-state index in [2.05, 4.69) is 15.5 Å². The number of rotatable bonds is 5. The lowest BCUT2D eigenvalue weighted by Gasteiger charge is -2.27. The van der Waals surface area contributed by atoms with Gasteiger partial charge in [-0.1, -0.05) is 24.3 Å². The summed E-state index contributed by atoms with van der Waals surface area (Å²) in [6.07, 6.45) is 0.480. The Morgan fingerprint density at radius 1 is 1.32 bits per heavy atom. The van der Waals surface area contributed by atoms with E-state index in [4.69, 9.17) is 0 Å². The van der Waals surface area contributed by atoms with E-state index < -0.39 is 0 Å². The van der Waals surface area contributed by atoms with Crippen LogP contribution in [0.15, 0.2) is 24.3 Å². The van der Waals surface area contributed by atoms with Crippen LogP contribution in [0.3, 0.4) is 0 Å². The molecule has 0 atom stereocenters. The first-order valence-electron chi connectivity index (χ1n) is 7.00. The van der Waals surface area contributed by atoms with Crippen molar-refractivity contribution < 1.29 is 4.79 Å². The number of hydrogen-bond donors (Lipinski definition) is 2. The van der Waals surface area contributed by atoms with Gasteiger partial charge in [0.25, 0.3) is 0 Å². The van der Waals surface area contributed by atoms with Gasteiger partial charge in [-0.15, -0.1) is 0 Å². The summed E-state index contributed by atoms with van der Waals surface area (Å²) < 4.78 is 0. The standard InChI is InChI=1S/C15H23N3O/c1-13-4-2-3-5-14(13)12-15(19)17-8-11-18-9-6-16-7-10-18/h2-5,16H,6-12H2,1H3,(H,17,19). The molecule has 0 bridgehead atoms. The number of carbonyl (C=O) groups is 1. The molecule has 104 valence electrons. The Kier molecular flexibility index (Phi) is 5.36. The van der Waals surface area contributed by atoms with Crippen LogP contribution in [-0.4, -0.2) is 50.1 Å². The molecule has 0 radical (unpaired) electrons. The van der Waals surface area contributed by atoms with Crippen molar-refractivity contribution in [3.8, 4) is 0 Å². The molecule has 1 aromatic carbocycles. The van der Waals surface area contributed by atoms with Gasteiger partial charge < -0.3 is 10.6 Å². The average Bonchev–Trinajstić information content (AvgIpc) is 2.43. The van der Waals surface area contributed by atoms with Gasteiger partial charge in [-0.05, 0) is 18.1 Å². The summed E-state index contributed by atoms with van der Waals surface area (Å²) in [6.45, 7) is 7.99. The SMILES string of the molecule is Cc1ccccc1CC(=O)NCCN1CCNCC1. The van der Waals surface area contributed by atoms with Gasteiger partial charge in [0, 0.05) is 39.3 Å². The fourth-order valence-electron chi connectivity index (χ4n) is 2.33. The predicted octanol–water partition coefficient (Wildman–Crippen LogP) is 0.559. The second-order valence-corrected chi connectivity index (χ2v) is 5.04. The number of piperazine rings is 1. The largest absolute Gasteiger partial charge is 0.355 e. The van der Waals surface area contributed by atoms with Crippen molar-refractivity contribution in [2.75, 3.05) is 39.3 Å². The van der Waals surface area contributed by atoms with Crippen LogP contribution >= 0.6 is 0 Å². The molecule has 1 aliphatic rings. The van der Waals surface area contributed by atoms with Gasteiger partial charge in [0.2, 0.25) is 5.91 Å². The molecule has 1 saturated heterocycles. The molecular weight excluding hydrogens is 238 g/mol. The normalized spacial score (nSPS) is 16.3. The lowest BCUT2D eigenvalue weighted by molar-refractivity contribution is -0.120. The van der Waals surface area contributed by atoms with Gasteiger partial charge in [-0.2, -0.15) is 0 Å². The summed E-state index contributed by atoms with van der Waals surface area (Å²) in [5, 5.41) is 6.33. The molecule has 4 nitrogen and oxygen atoms in total. The number of carbonyl (C=O) groups excluding carboxylic acids is 1. The Labute approximate surface area is 115 Å². The van der Waals surface area contributed by atoms with Crippen LogP contribution < -0.4 is 10.6 Å². The molecule has 2 N–H and O–H groups in total. The summed E-state index contributed by atoms with van der Waals surface area (Å²) >= 11 is 0. The number of amides is 1. The molecule has 0 saturated carbocycles. The van der Waals surface area contributed by atoms with Crippen LogP contribution in [0.5, 0.6) is 0 Å². The minimum absolute atomic E-state index is 0.115. The third kappa shape index (κ3) is 4.65. The van der Waals surface area contributed by atoms with Crippen LogP contribution in [0, 0.1) is 6.92 Å². The zero-order valence-electron chi connectivity index (χ0n) is 11.6. The molecule has 0 unspecified atom stereocenters. The molecule has 1 fully saturated rings. The van der Waals surface area contributed by atoms with Crippen molar-refractivity contribution in [2.24, 2.45) is 0 Å². The maximum atomic E-state index is 11.9. The molecule has 1 aromatic rings. The van der Waals surface area contributed by atoms with E-state index in [9.17, 15) is 4.79 Å². The van der Waals surface area contributed by atoms with Gasteiger partial charge in [-0.25, -0.2) is 0 Å². The maximum Gasteiger partial charge on any atom is 0.224 e. The van der Waals surface area contributed by atoms with Crippen molar-refractivity contribution in [2.45, 2.75) is 13.3 Å². The monoisotopic (exact) mass is 261 g/mol. The Bertz CT molecular complexity index is 414. The third-order valence-electron chi connectivity index (χ3n) is 3.57. The zero-order chi connectivity index (χ0) is 13.5. The highest BCUT2D eigenvalue weighted by Gasteiger charge is 2.10. The van der Waals surface area contributed by atoms with Crippen LogP contribution in [0.2, 0.25) is 0 Å². The fraction of sp³-hybridized carbons (Fsp3) is 0.533. The Hall–Kier alpha value is -1.39.